The summed E-state index contributed by atoms with van der Waals surface area (Å²) in [5.74, 6) is 0. The highest BCUT2D eigenvalue weighted by atomic mass is 32.2. The number of nitrogens with zero attached hydrogens (tertiary/aromatic N) is 1. The Balaban J connectivity index is 2.50. The van der Waals surface area contributed by atoms with Gasteiger partial charge in [0.05, 0.1) is 0 Å². The molecule has 0 spiro atoms. The van der Waals surface area contributed by atoms with Crippen LogP contribution in [0.3, 0.4) is 0 Å². The van der Waals surface area contributed by atoms with E-state index < -0.39 is 0 Å². The number of nitrogens with one attached hydrogen (secondary N) is 3. The van der Waals surface area contributed by atoms with Gasteiger partial charge in [-0.05, 0) is 12.1 Å². The van der Waals surface area contributed by atoms with Gasteiger partial charge in [0.15, 0.2) is 0 Å². The highest BCUT2D eigenvalue weighted by molar-refractivity contribution is 7.97. The molecule has 5 nitrogen and oxygen atoms in total. The molecule has 1 aliphatic rings. The molecule has 13 heavy (non-hydrogen) atoms. The molecule has 0 atom stereocenters. The zero-order valence-corrected chi connectivity index (χ0v) is 7.31. The van der Waals surface area contributed by atoms with E-state index in [0.29, 0.717) is 0 Å². The average Bonchev–Trinajstić information content (AvgIpc) is 2.66. The molecule has 2 aromatic rings. The number of fused-ring (bicyclic) bond motifs is 3. The molecule has 3 rings (SSSR count). The van der Waals surface area contributed by atoms with Gasteiger partial charge < -0.3 is 4.72 Å². The number of hydrogen-bond donors (Lipinski definition) is 3. The molecule has 2 aromatic heterocycles. The fourth-order valence-electron chi connectivity index (χ4n) is 1.42. The van der Waals surface area contributed by atoms with E-state index >= 15 is 0 Å². The predicted octanol–water partition coefficient (Wildman–Crippen LogP) is 0.537. The summed E-state index contributed by atoms with van der Waals surface area (Å²) in [6.45, 7) is 0. The number of hydrogen-bond acceptors (Lipinski definition) is 3. The van der Waals surface area contributed by atoms with E-state index in [1.165, 1.54) is 11.9 Å². The Hall–Kier alpha value is -1.56. The van der Waals surface area contributed by atoms with Crippen molar-refractivity contribution in [3.8, 4) is 0 Å². The van der Waals surface area contributed by atoms with Gasteiger partial charge >= 0.3 is 5.69 Å². The summed E-state index contributed by atoms with van der Waals surface area (Å²) in [4.78, 5) is 11.3. The van der Waals surface area contributed by atoms with Crippen LogP contribution < -0.4 is 10.4 Å². The van der Waals surface area contributed by atoms with Crippen molar-refractivity contribution in [2.24, 2.45) is 0 Å². The van der Waals surface area contributed by atoms with Crippen LogP contribution in [0.25, 0.3) is 11.7 Å². The molecule has 0 bridgehead atoms. The van der Waals surface area contributed by atoms with Gasteiger partial charge in [-0.3, -0.25) is 5.10 Å². The monoisotopic (exact) mass is 194 g/mol. The van der Waals surface area contributed by atoms with E-state index in [1.807, 2.05) is 18.3 Å². The molecule has 3 heterocycles. The van der Waals surface area contributed by atoms with Crippen LogP contribution >= 0.6 is 11.9 Å². The molecule has 0 fully saturated rings. The van der Waals surface area contributed by atoms with Gasteiger partial charge in [-0.1, -0.05) is 0 Å². The smallest absolute Gasteiger partial charge is 0.331 e. The molecule has 0 amide bonds. The maximum Gasteiger partial charge on any atom is 0.346 e. The van der Waals surface area contributed by atoms with Crippen LogP contribution in [-0.4, -0.2) is 14.6 Å². The fraction of sp³-hybridized carbons (Fsp3) is 0. The lowest BCUT2D eigenvalue weighted by Crippen LogP contribution is -2.11. The van der Waals surface area contributed by atoms with E-state index in [4.69, 9.17) is 0 Å². The van der Waals surface area contributed by atoms with E-state index in [0.717, 1.165) is 16.2 Å². The first-order chi connectivity index (χ1) is 6.36. The van der Waals surface area contributed by atoms with Crippen LogP contribution in [0, 0.1) is 0 Å². The molecule has 0 aliphatic carbocycles. The van der Waals surface area contributed by atoms with Crippen molar-refractivity contribution in [1.29, 1.82) is 0 Å². The maximum atomic E-state index is 11.3. The molecule has 0 saturated heterocycles. The van der Waals surface area contributed by atoms with Crippen molar-refractivity contribution in [1.82, 2.24) is 19.3 Å². The van der Waals surface area contributed by atoms with E-state index in [2.05, 4.69) is 14.9 Å². The minimum Gasteiger partial charge on any atom is -0.331 e. The Morgan fingerprint density at radius 1 is 1.38 bits per heavy atom. The van der Waals surface area contributed by atoms with Crippen LogP contribution in [0.1, 0.15) is 5.56 Å². The summed E-state index contributed by atoms with van der Waals surface area (Å²) < 4.78 is 4.59. The van der Waals surface area contributed by atoms with Gasteiger partial charge in [-0.2, -0.15) is 0 Å². The average molecular weight is 194 g/mol. The summed E-state index contributed by atoms with van der Waals surface area (Å²) in [6.07, 6.45) is 3.78. The first kappa shape index (κ1) is 6.90. The van der Waals surface area contributed by atoms with Crippen molar-refractivity contribution >= 4 is 23.7 Å². The third-order valence-corrected chi connectivity index (χ3v) is 2.84. The number of H-pyrrole nitrogens is 2. The lowest BCUT2D eigenvalue weighted by atomic mass is 10.3. The van der Waals surface area contributed by atoms with Crippen molar-refractivity contribution < 1.29 is 0 Å². The standard InChI is InChI=1S/C7H6N4OS/c12-7-10-9-5-3-4-1-2-8-13-6(4)11(5)7/h1-3,8-9H,(H,10,12). The van der Waals surface area contributed by atoms with E-state index in [-0.39, 0.29) is 5.69 Å². The van der Waals surface area contributed by atoms with Crippen LogP contribution in [0.15, 0.2) is 22.1 Å². The van der Waals surface area contributed by atoms with Crippen LogP contribution in [-0.2, 0) is 0 Å². The Kier molecular flexibility index (Phi) is 1.18. The zero-order valence-electron chi connectivity index (χ0n) is 6.50. The second-order valence-corrected chi connectivity index (χ2v) is 3.56. The molecule has 0 saturated carbocycles. The number of aromatic amines is 2. The normalized spacial score (nSPS) is 14.5. The Labute approximate surface area is 77.0 Å². The number of rotatable bonds is 0. The number of aromatic nitrogens is 3. The van der Waals surface area contributed by atoms with Gasteiger partial charge in [-0.15, -0.1) is 0 Å². The second-order valence-electron chi connectivity index (χ2n) is 2.73. The maximum absolute atomic E-state index is 11.3. The predicted molar refractivity (Wildman–Crippen MR) is 50.4 cm³/mol. The second kappa shape index (κ2) is 2.23. The summed E-state index contributed by atoms with van der Waals surface area (Å²) >= 11 is 1.43. The van der Waals surface area contributed by atoms with Crippen molar-refractivity contribution in [2.75, 3.05) is 0 Å². The van der Waals surface area contributed by atoms with Gasteiger partial charge in [-0.25, -0.2) is 14.3 Å². The lowest BCUT2D eigenvalue weighted by molar-refractivity contribution is 0.952. The lowest BCUT2D eigenvalue weighted by Gasteiger charge is -2.05. The summed E-state index contributed by atoms with van der Waals surface area (Å²) in [7, 11) is 0. The molecule has 0 unspecified atom stereocenters. The van der Waals surface area contributed by atoms with Crippen LogP contribution in [0.5, 0.6) is 0 Å². The molecular formula is C7H6N4OS. The van der Waals surface area contributed by atoms with Gasteiger partial charge in [0.2, 0.25) is 0 Å². The SMILES string of the molecule is O=c1[nH][nH]c2cc3c(n12)SNC=C3. The van der Waals surface area contributed by atoms with E-state index in [1.54, 1.807) is 4.40 Å². The third-order valence-electron chi connectivity index (χ3n) is 1.97. The topological polar surface area (TPSA) is 65.1 Å². The van der Waals surface area contributed by atoms with Crippen molar-refractivity contribution in [3.63, 3.8) is 0 Å². The Bertz CT molecular complexity index is 546. The molecule has 66 valence electrons. The third kappa shape index (κ3) is 0.803. The highest BCUT2D eigenvalue weighted by Crippen LogP contribution is 2.26. The molecular weight excluding hydrogens is 188 g/mol. The minimum atomic E-state index is -0.138. The van der Waals surface area contributed by atoms with Gasteiger partial charge in [0, 0.05) is 23.7 Å². The summed E-state index contributed by atoms with van der Waals surface area (Å²) in [6, 6.07) is 1.93. The molecule has 0 radical (unpaired) electrons. The largest absolute Gasteiger partial charge is 0.346 e. The minimum absolute atomic E-state index is 0.138. The summed E-state index contributed by atoms with van der Waals surface area (Å²) in [5.41, 5.74) is 1.71. The van der Waals surface area contributed by atoms with Gasteiger partial charge in [0.25, 0.3) is 0 Å². The molecule has 1 aliphatic heterocycles. The van der Waals surface area contributed by atoms with Crippen molar-refractivity contribution in [3.05, 3.63) is 28.3 Å². The fourth-order valence-corrected chi connectivity index (χ4v) is 2.18. The van der Waals surface area contributed by atoms with Gasteiger partial charge in [0.1, 0.15) is 10.7 Å². The first-order valence-electron chi connectivity index (χ1n) is 3.77. The Morgan fingerprint density at radius 2 is 2.31 bits per heavy atom. The summed E-state index contributed by atoms with van der Waals surface area (Å²) in [5, 5.41) is 6.24. The molecule has 0 aromatic carbocycles. The Morgan fingerprint density at radius 3 is 3.23 bits per heavy atom. The highest BCUT2D eigenvalue weighted by Gasteiger charge is 2.14. The van der Waals surface area contributed by atoms with Crippen molar-refractivity contribution in [2.45, 2.75) is 5.03 Å². The van der Waals surface area contributed by atoms with E-state index in [9.17, 15) is 4.79 Å². The molecule has 6 heteroatoms. The van der Waals surface area contributed by atoms with Crippen LogP contribution in [0.2, 0.25) is 0 Å². The first-order valence-corrected chi connectivity index (χ1v) is 4.59. The quantitative estimate of drug-likeness (QED) is 0.536. The molecule has 3 N–H and O–H groups in total. The van der Waals surface area contributed by atoms with Crippen LogP contribution in [0.4, 0.5) is 0 Å². The zero-order chi connectivity index (χ0) is 8.84.